The van der Waals surface area contributed by atoms with Gasteiger partial charge in [0.15, 0.2) is 0 Å². The molecule has 19 heavy (non-hydrogen) atoms. The van der Waals surface area contributed by atoms with E-state index in [4.69, 9.17) is 0 Å². The van der Waals surface area contributed by atoms with Crippen molar-refractivity contribution in [2.45, 2.75) is 37.7 Å². The van der Waals surface area contributed by atoms with Crippen LogP contribution in [0.4, 0.5) is 0 Å². The Bertz CT molecular complexity index is 448. The fourth-order valence-corrected chi connectivity index (χ4v) is 2.94. The van der Waals surface area contributed by atoms with E-state index in [1.165, 1.54) is 6.42 Å². The number of pyridine rings is 1. The fourth-order valence-electron chi connectivity index (χ4n) is 2.94. The van der Waals surface area contributed by atoms with E-state index in [1.807, 2.05) is 17.0 Å². The summed E-state index contributed by atoms with van der Waals surface area (Å²) in [4.78, 5) is 18.2. The van der Waals surface area contributed by atoms with Crippen molar-refractivity contribution in [2.24, 2.45) is 5.92 Å². The topological polar surface area (TPSA) is 53.4 Å². The Kier molecular flexibility index (Phi) is 3.27. The summed E-state index contributed by atoms with van der Waals surface area (Å²) in [6.45, 7) is 1.31. The zero-order valence-electron chi connectivity index (χ0n) is 11.1. The molecule has 0 aromatic carbocycles. The summed E-state index contributed by atoms with van der Waals surface area (Å²) in [5.74, 6) is 0.545. The molecule has 1 saturated carbocycles. The van der Waals surface area contributed by atoms with Gasteiger partial charge in [-0.2, -0.15) is 0 Å². The van der Waals surface area contributed by atoms with Crippen molar-refractivity contribution < 1.29 is 9.90 Å². The second-order valence-electron chi connectivity index (χ2n) is 5.73. The predicted octanol–water partition coefficient (Wildman–Crippen LogP) is 1.69. The van der Waals surface area contributed by atoms with Crippen molar-refractivity contribution in [3.05, 3.63) is 30.1 Å². The first-order chi connectivity index (χ1) is 9.19. The quantitative estimate of drug-likeness (QED) is 0.880. The minimum Gasteiger partial charge on any atom is -0.385 e. The number of piperidine rings is 1. The van der Waals surface area contributed by atoms with Gasteiger partial charge in [-0.1, -0.05) is 12.5 Å². The molecule has 0 atom stereocenters. The van der Waals surface area contributed by atoms with Crippen LogP contribution in [-0.2, 0) is 10.4 Å². The Balaban J connectivity index is 1.64. The van der Waals surface area contributed by atoms with Gasteiger partial charge in [-0.25, -0.2) is 0 Å². The van der Waals surface area contributed by atoms with Crippen LogP contribution in [-0.4, -0.2) is 34.0 Å². The summed E-state index contributed by atoms with van der Waals surface area (Å²) < 4.78 is 0. The SMILES string of the molecule is O=C(C1CCC1)N1CCC(O)(c2cccnc2)CC1. The summed E-state index contributed by atoms with van der Waals surface area (Å²) in [6.07, 6.45) is 7.92. The lowest BCUT2D eigenvalue weighted by molar-refractivity contribution is -0.142. The second-order valence-corrected chi connectivity index (χ2v) is 5.73. The number of likely N-dealkylation sites (tertiary alicyclic amines) is 1. The highest BCUT2D eigenvalue weighted by Crippen LogP contribution is 2.34. The standard InChI is InChI=1S/C15H20N2O2/c18-14(12-3-1-4-12)17-9-6-15(19,7-10-17)13-5-2-8-16-11-13/h2,5,8,11-12,19H,1,3-4,6-7,9-10H2. The molecule has 1 aromatic heterocycles. The monoisotopic (exact) mass is 260 g/mol. The zero-order chi connectivity index (χ0) is 13.3. The number of rotatable bonds is 2. The number of aromatic nitrogens is 1. The minimum atomic E-state index is -0.815. The third-order valence-corrected chi connectivity index (χ3v) is 4.56. The van der Waals surface area contributed by atoms with Crippen molar-refractivity contribution in [1.82, 2.24) is 9.88 Å². The van der Waals surface area contributed by atoms with Crippen LogP contribution in [0.2, 0.25) is 0 Å². The minimum absolute atomic E-state index is 0.254. The van der Waals surface area contributed by atoms with Gasteiger partial charge >= 0.3 is 0 Å². The molecule has 0 bridgehead atoms. The molecule has 2 aliphatic rings. The van der Waals surface area contributed by atoms with Crippen molar-refractivity contribution in [2.75, 3.05) is 13.1 Å². The van der Waals surface area contributed by atoms with Gasteiger partial charge in [0, 0.05) is 37.0 Å². The van der Waals surface area contributed by atoms with E-state index >= 15 is 0 Å². The normalized spacial score (nSPS) is 22.9. The van der Waals surface area contributed by atoms with Crippen LogP contribution >= 0.6 is 0 Å². The molecule has 2 fully saturated rings. The van der Waals surface area contributed by atoms with Gasteiger partial charge < -0.3 is 10.0 Å². The Morgan fingerprint density at radius 3 is 2.63 bits per heavy atom. The third-order valence-electron chi connectivity index (χ3n) is 4.56. The Morgan fingerprint density at radius 1 is 1.37 bits per heavy atom. The number of nitrogens with zero attached hydrogens (tertiary/aromatic N) is 2. The summed E-state index contributed by atoms with van der Waals surface area (Å²) in [5.41, 5.74) is 0.0516. The number of carbonyl (C=O) groups excluding carboxylic acids is 1. The summed E-state index contributed by atoms with van der Waals surface area (Å²) in [7, 11) is 0. The van der Waals surface area contributed by atoms with Gasteiger partial charge in [0.2, 0.25) is 5.91 Å². The van der Waals surface area contributed by atoms with E-state index in [1.54, 1.807) is 12.4 Å². The Hall–Kier alpha value is -1.42. The van der Waals surface area contributed by atoms with Gasteiger partial charge in [0.1, 0.15) is 0 Å². The van der Waals surface area contributed by atoms with E-state index < -0.39 is 5.60 Å². The van der Waals surface area contributed by atoms with Gasteiger partial charge in [0.05, 0.1) is 5.60 Å². The van der Waals surface area contributed by atoms with Crippen LogP contribution in [0.25, 0.3) is 0 Å². The number of hydrogen-bond acceptors (Lipinski definition) is 3. The first-order valence-electron chi connectivity index (χ1n) is 7.11. The highest BCUT2D eigenvalue weighted by atomic mass is 16.3. The van der Waals surface area contributed by atoms with Crippen molar-refractivity contribution >= 4 is 5.91 Å². The van der Waals surface area contributed by atoms with Crippen LogP contribution < -0.4 is 0 Å². The van der Waals surface area contributed by atoms with E-state index in [0.717, 1.165) is 18.4 Å². The second kappa shape index (κ2) is 4.93. The molecule has 1 saturated heterocycles. The maximum absolute atomic E-state index is 12.2. The first-order valence-corrected chi connectivity index (χ1v) is 7.11. The number of amides is 1. The summed E-state index contributed by atoms with van der Waals surface area (Å²) >= 11 is 0. The summed E-state index contributed by atoms with van der Waals surface area (Å²) in [6, 6.07) is 3.76. The van der Waals surface area contributed by atoms with Crippen LogP contribution in [0.5, 0.6) is 0 Å². The molecule has 1 aliphatic heterocycles. The largest absolute Gasteiger partial charge is 0.385 e. The molecule has 1 N–H and O–H groups in total. The van der Waals surface area contributed by atoms with Crippen LogP contribution in [0.3, 0.4) is 0 Å². The van der Waals surface area contributed by atoms with E-state index in [0.29, 0.717) is 31.8 Å². The van der Waals surface area contributed by atoms with E-state index in [2.05, 4.69) is 4.98 Å². The Morgan fingerprint density at radius 2 is 2.11 bits per heavy atom. The van der Waals surface area contributed by atoms with Crippen LogP contribution in [0.1, 0.15) is 37.7 Å². The first kappa shape index (κ1) is 12.6. The highest BCUT2D eigenvalue weighted by molar-refractivity contribution is 5.79. The average Bonchev–Trinajstić information content (AvgIpc) is 2.38. The molecule has 1 aromatic rings. The molecule has 1 aliphatic carbocycles. The van der Waals surface area contributed by atoms with Gasteiger partial charge in [-0.05, 0) is 31.7 Å². The maximum Gasteiger partial charge on any atom is 0.225 e. The fraction of sp³-hybridized carbons (Fsp3) is 0.600. The molecule has 0 unspecified atom stereocenters. The van der Waals surface area contributed by atoms with Crippen LogP contribution in [0.15, 0.2) is 24.5 Å². The Labute approximate surface area is 113 Å². The smallest absolute Gasteiger partial charge is 0.225 e. The average molecular weight is 260 g/mol. The number of carbonyl (C=O) groups is 1. The molecule has 0 radical (unpaired) electrons. The lowest BCUT2D eigenvalue weighted by Crippen LogP contribution is -2.48. The van der Waals surface area contributed by atoms with Crippen LogP contribution in [0, 0.1) is 5.92 Å². The molecule has 2 heterocycles. The summed E-state index contributed by atoms with van der Waals surface area (Å²) in [5, 5.41) is 10.7. The lowest BCUT2D eigenvalue weighted by atomic mass is 9.82. The molecule has 4 nitrogen and oxygen atoms in total. The molecule has 1 amide bonds. The predicted molar refractivity (Wildman–Crippen MR) is 71.3 cm³/mol. The molecule has 4 heteroatoms. The lowest BCUT2D eigenvalue weighted by Gasteiger charge is -2.40. The molecule has 102 valence electrons. The maximum atomic E-state index is 12.2. The zero-order valence-corrected chi connectivity index (χ0v) is 11.1. The molecular weight excluding hydrogens is 240 g/mol. The van der Waals surface area contributed by atoms with E-state index in [9.17, 15) is 9.90 Å². The van der Waals surface area contributed by atoms with Crippen molar-refractivity contribution in [3.63, 3.8) is 0 Å². The van der Waals surface area contributed by atoms with E-state index in [-0.39, 0.29) is 5.92 Å². The van der Waals surface area contributed by atoms with Crippen molar-refractivity contribution in [1.29, 1.82) is 0 Å². The van der Waals surface area contributed by atoms with Gasteiger partial charge in [0.25, 0.3) is 0 Å². The molecular formula is C15H20N2O2. The number of hydrogen-bond donors (Lipinski definition) is 1. The highest BCUT2D eigenvalue weighted by Gasteiger charge is 2.38. The van der Waals surface area contributed by atoms with Gasteiger partial charge in [-0.3, -0.25) is 9.78 Å². The molecule has 3 rings (SSSR count). The number of aliphatic hydroxyl groups is 1. The third kappa shape index (κ3) is 2.37. The molecule has 0 spiro atoms. The van der Waals surface area contributed by atoms with Crippen molar-refractivity contribution in [3.8, 4) is 0 Å². The van der Waals surface area contributed by atoms with Gasteiger partial charge in [-0.15, -0.1) is 0 Å².